The number of hydrogen-bond acceptors (Lipinski definition) is 3. The van der Waals surface area contributed by atoms with Crippen LogP contribution in [0.5, 0.6) is 0 Å². The summed E-state index contributed by atoms with van der Waals surface area (Å²) in [5, 5.41) is 4.67. The zero-order valence-electron chi connectivity index (χ0n) is 7.29. The van der Waals surface area contributed by atoms with Gasteiger partial charge in [0.05, 0.1) is 13.2 Å². The molecule has 2 aliphatic rings. The molecule has 64 valence electrons. The van der Waals surface area contributed by atoms with Gasteiger partial charge in [0.1, 0.15) is 0 Å². The Kier molecular flexibility index (Phi) is 1.87. The molecule has 0 radical (unpaired) electrons. The van der Waals surface area contributed by atoms with Crippen molar-refractivity contribution in [3.8, 4) is 0 Å². The maximum Gasteiger partial charge on any atom is 0.0636 e. The smallest absolute Gasteiger partial charge is 0.0636 e. The average Bonchev–Trinajstić information content (AvgIpc) is 2.23. The largest absolute Gasteiger partial charge is 0.378 e. The zero-order valence-corrected chi connectivity index (χ0v) is 7.29. The minimum atomic E-state index is 0.656. The minimum absolute atomic E-state index is 0.656. The van der Waals surface area contributed by atoms with Crippen molar-refractivity contribution in [3.05, 3.63) is 0 Å². The van der Waals surface area contributed by atoms with Gasteiger partial charge in [-0.15, -0.1) is 0 Å². The van der Waals surface area contributed by atoms with Gasteiger partial charge >= 0.3 is 0 Å². The predicted molar refractivity (Wildman–Crippen MR) is 43.2 cm³/mol. The van der Waals surface area contributed by atoms with Crippen LogP contribution in [-0.4, -0.2) is 49.4 Å². The van der Waals surface area contributed by atoms with Gasteiger partial charge in [-0.3, -0.25) is 0 Å². The molecule has 2 heterocycles. The van der Waals surface area contributed by atoms with Crippen LogP contribution in [0.2, 0.25) is 0 Å². The molecule has 2 saturated heterocycles. The normalized spacial score (nSPS) is 38.5. The second-order valence-corrected chi connectivity index (χ2v) is 3.65. The highest BCUT2D eigenvalue weighted by molar-refractivity contribution is 4.88. The Morgan fingerprint density at radius 3 is 2.09 bits per heavy atom. The molecule has 2 bridgehead atoms. The van der Waals surface area contributed by atoms with E-state index in [1.807, 2.05) is 0 Å². The molecule has 3 nitrogen and oxygen atoms in total. The van der Waals surface area contributed by atoms with E-state index in [1.54, 1.807) is 0 Å². The molecule has 0 aromatic rings. The second kappa shape index (κ2) is 2.73. The van der Waals surface area contributed by atoms with Crippen LogP contribution in [0.25, 0.3) is 0 Å². The van der Waals surface area contributed by atoms with Crippen LogP contribution in [0.15, 0.2) is 0 Å². The highest BCUT2D eigenvalue weighted by Gasteiger charge is 2.38. The van der Waals surface area contributed by atoms with E-state index in [4.69, 9.17) is 4.74 Å². The lowest BCUT2D eigenvalue weighted by atomic mass is 10.2. The maximum atomic E-state index is 5.47. The molecule has 0 aromatic heterocycles. The van der Waals surface area contributed by atoms with Crippen LogP contribution in [-0.2, 0) is 4.74 Å². The minimum Gasteiger partial charge on any atom is -0.378 e. The number of hydrazine groups is 1. The first-order chi connectivity index (χ1) is 5.29. The van der Waals surface area contributed by atoms with Crippen molar-refractivity contribution >= 4 is 0 Å². The third-order valence-electron chi connectivity index (χ3n) is 2.66. The van der Waals surface area contributed by atoms with Crippen LogP contribution in [0.4, 0.5) is 0 Å². The maximum absolute atomic E-state index is 5.47. The fraction of sp³-hybridized carbons (Fsp3) is 1.00. The fourth-order valence-corrected chi connectivity index (χ4v) is 2.26. The highest BCUT2D eigenvalue weighted by atomic mass is 16.5. The summed E-state index contributed by atoms with van der Waals surface area (Å²) in [5.41, 5.74) is 0. The second-order valence-electron chi connectivity index (χ2n) is 3.65. The van der Waals surface area contributed by atoms with Crippen molar-refractivity contribution in [1.29, 1.82) is 0 Å². The van der Waals surface area contributed by atoms with E-state index in [9.17, 15) is 0 Å². The van der Waals surface area contributed by atoms with Crippen molar-refractivity contribution in [2.45, 2.75) is 24.9 Å². The van der Waals surface area contributed by atoms with Gasteiger partial charge in [-0.2, -0.15) is 0 Å². The van der Waals surface area contributed by atoms with Crippen molar-refractivity contribution < 1.29 is 4.74 Å². The van der Waals surface area contributed by atoms with E-state index in [2.05, 4.69) is 24.1 Å². The number of ether oxygens (including phenoxy) is 1. The molecule has 0 amide bonds. The van der Waals surface area contributed by atoms with Gasteiger partial charge in [0.15, 0.2) is 0 Å². The summed E-state index contributed by atoms with van der Waals surface area (Å²) in [6.07, 6.45) is 2.62. The zero-order chi connectivity index (χ0) is 7.84. The van der Waals surface area contributed by atoms with E-state index >= 15 is 0 Å². The van der Waals surface area contributed by atoms with Gasteiger partial charge in [0.2, 0.25) is 0 Å². The quantitative estimate of drug-likeness (QED) is 0.544. The van der Waals surface area contributed by atoms with Crippen LogP contribution in [0, 0.1) is 0 Å². The Balaban J connectivity index is 2.09. The van der Waals surface area contributed by atoms with E-state index in [0.29, 0.717) is 12.1 Å². The van der Waals surface area contributed by atoms with E-state index < -0.39 is 0 Å². The van der Waals surface area contributed by atoms with Crippen molar-refractivity contribution in [2.75, 3.05) is 27.3 Å². The standard InChI is InChI=1S/C8H16N2O/c1-9(2)10-7-3-4-8(10)6-11-5-7/h7-8H,3-6H2,1-2H3. The molecular weight excluding hydrogens is 140 g/mol. The summed E-state index contributed by atoms with van der Waals surface area (Å²) < 4.78 is 5.47. The van der Waals surface area contributed by atoms with Gasteiger partial charge in [-0.05, 0) is 12.8 Å². The number of rotatable bonds is 1. The lowest BCUT2D eigenvalue weighted by Crippen LogP contribution is -2.52. The first kappa shape index (κ1) is 7.53. The first-order valence-electron chi connectivity index (χ1n) is 4.32. The van der Waals surface area contributed by atoms with E-state index in [1.165, 1.54) is 12.8 Å². The third-order valence-corrected chi connectivity index (χ3v) is 2.66. The van der Waals surface area contributed by atoms with Crippen molar-refractivity contribution in [2.24, 2.45) is 0 Å². The fourth-order valence-electron chi connectivity index (χ4n) is 2.26. The molecule has 0 aliphatic carbocycles. The number of hydrogen-bond donors (Lipinski definition) is 0. The Morgan fingerprint density at radius 1 is 1.18 bits per heavy atom. The lowest BCUT2D eigenvalue weighted by Gasteiger charge is -2.38. The average molecular weight is 156 g/mol. The molecule has 2 rings (SSSR count). The molecule has 0 saturated carbocycles. The summed E-state index contributed by atoms with van der Waals surface area (Å²) in [6, 6.07) is 1.31. The monoisotopic (exact) mass is 156 g/mol. The van der Waals surface area contributed by atoms with E-state index in [-0.39, 0.29) is 0 Å². The number of nitrogens with zero attached hydrogens (tertiary/aromatic N) is 2. The molecule has 11 heavy (non-hydrogen) atoms. The predicted octanol–water partition coefficient (Wildman–Crippen LogP) is 0.326. The van der Waals surface area contributed by atoms with Gasteiger partial charge in [-0.1, -0.05) is 0 Å². The molecule has 0 N–H and O–H groups in total. The molecule has 2 unspecified atom stereocenters. The van der Waals surface area contributed by atoms with Crippen molar-refractivity contribution in [3.63, 3.8) is 0 Å². The third kappa shape index (κ3) is 1.17. The molecular formula is C8H16N2O. The molecule has 2 atom stereocenters. The topological polar surface area (TPSA) is 15.7 Å². The highest BCUT2D eigenvalue weighted by Crippen LogP contribution is 2.28. The summed E-state index contributed by atoms with van der Waals surface area (Å²) >= 11 is 0. The van der Waals surface area contributed by atoms with Crippen molar-refractivity contribution in [1.82, 2.24) is 10.0 Å². The Hall–Kier alpha value is -0.120. The molecule has 0 aromatic carbocycles. The Morgan fingerprint density at radius 2 is 1.73 bits per heavy atom. The number of morpholine rings is 1. The van der Waals surface area contributed by atoms with Gasteiger partial charge in [0, 0.05) is 26.2 Å². The lowest BCUT2D eigenvalue weighted by molar-refractivity contribution is -0.112. The summed E-state index contributed by atoms with van der Waals surface area (Å²) in [5.74, 6) is 0. The summed E-state index contributed by atoms with van der Waals surface area (Å²) in [7, 11) is 4.24. The molecule has 0 spiro atoms. The van der Waals surface area contributed by atoms with Crippen LogP contribution >= 0.6 is 0 Å². The van der Waals surface area contributed by atoms with Gasteiger partial charge in [0.25, 0.3) is 0 Å². The van der Waals surface area contributed by atoms with Crippen LogP contribution < -0.4 is 0 Å². The van der Waals surface area contributed by atoms with Gasteiger partial charge < -0.3 is 4.74 Å². The van der Waals surface area contributed by atoms with E-state index in [0.717, 1.165) is 13.2 Å². The summed E-state index contributed by atoms with van der Waals surface area (Å²) in [6.45, 7) is 1.85. The Bertz CT molecular complexity index is 133. The SMILES string of the molecule is CN(C)N1C2CCC1COC2. The molecule has 3 heteroatoms. The Labute approximate surface area is 67.9 Å². The van der Waals surface area contributed by atoms with Crippen LogP contribution in [0.3, 0.4) is 0 Å². The summed E-state index contributed by atoms with van der Waals surface area (Å²) in [4.78, 5) is 0. The first-order valence-corrected chi connectivity index (χ1v) is 4.32. The molecule has 2 aliphatic heterocycles. The van der Waals surface area contributed by atoms with Crippen LogP contribution in [0.1, 0.15) is 12.8 Å². The molecule has 2 fully saturated rings. The number of fused-ring (bicyclic) bond motifs is 2. The van der Waals surface area contributed by atoms with Gasteiger partial charge in [-0.25, -0.2) is 10.0 Å².